The Labute approximate surface area is 118 Å². The Morgan fingerprint density at radius 2 is 2.25 bits per heavy atom. The largest absolute Gasteiger partial charge is 0.399 e. The Morgan fingerprint density at radius 3 is 2.90 bits per heavy atom. The number of rotatable bonds is 7. The summed E-state index contributed by atoms with van der Waals surface area (Å²) in [5, 5.41) is 11.7. The van der Waals surface area contributed by atoms with Gasteiger partial charge in [0.2, 0.25) is 5.91 Å². The number of nitrogens with one attached hydrogen (secondary N) is 1. The van der Waals surface area contributed by atoms with Crippen LogP contribution in [0.1, 0.15) is 19.8 Å². The Bertz CT molecular complexity index is 452. The smallest absolute Gasteiger partial charge is 0.224 e. The van der Waals surface area contributed by atoms with Gasteiger partial charge in [-0.05, 0) is 45.1 Å². The molecule has 6 heteroatoms. The van der Waals surface area contributed by atoms with Crippen LogP contribution in [0.5, 0.6) is 0 Å². The highest BCUT2D eigenvalue weighted by molar-refractivity contribution is 5.91. The van der Waals surface area contributed by atoms with Gasteiger partial charge in [-0.2, -0.15) is 0 Å². The summed E-state index contributed by atoms with van der Waals surface area (Å²) in [6.07, 6.45) is 0.535. The van der Waals surface area contributed by atoms with Gasteiger partial charge in [-0.15, -0.1) is 0 Å². The maximum Gasteiger partial charge on any atom is 0.224 e. The molecule has 0 spiro atoms. The summed E-state index contributed by atoms with van der Waals surface area (Å²) >= 11 is 0. The van der Waals surface area contributed by atoms with Gasteiger partial charge >= 0.3 is 0 Å². The fraction of sp³-hybridized carbons (Fsp3) is 0.500. The van der Waals surface area contributed by atoms with Gasteiger partial charge in [0.1, 0.15) is 5.82 Å². The molecule has 20 heavy (non-hydrogen) atoms. The van der Waals surface area contributed by atoms with E-state index in [1.807, 2.05) is 11.9 Å². The van der Waals surface area contributed by atoms with Crippen molar-refractivity contribution in [2.24, 2.45) is 0 Å². The van der Waals surface area contributed by atoms with E-state index in [4.69, 9.17) is 5.73 Å². The third-order valence-corrected chi connectivity index (χ3v) is 2.78. The fourth-order valence-corrected chi connectivity index (χ4v) is 1.90. The van der Waals surface area contributed by atoms with Crippen LogP contribution in [-0.2, 0) is 4.79 Å². The minimum absolute atomic E-state index is 0.104. The van der Waals surface area contributed by atoms with Crippen LogP contribution in [0.3, 0.4) is 0 Å². The molecule has 0 aliphatic rings. The zero-order chi connectivity index (χ0) is 15.1. The second-order valence-electron chi connectivity index (χ2n) is 5.00. The number of aliphatic hydroxyl groups is 1. The van der Waals surface area contributed by atoms with Crippen molar-refractivity contribution in [3.8, 4) is 0 Å². The predicted octanol–water partition coefficient (Wildman–Crippen LogP) is 1.44. The Morgan fingerprint density at radius 1 is 1.55 bits per heavy atom. The number of nitrogen functional groups attached to an aromatic ring is 1. The van der Waals surface area contributed by atoms with Gasteiger partial charge in [-0.1, -0.05) is 0 Å². The Balaban J connectivity index is 2.35. The lowest BCUT2D eigenvalue weighted by molar-refractivity contribution is -0.116. The molecule has 0 fully saturated rings. The van der Waals surface area contributed by atoms with Crippen LogP contribution in [-0.4, -0.2) is 42.2 Å². The van der Waals surface area contributed by atoms with Crippen molar-refractivity contribution in [1.82, 2.24) is 4.90 Å². The van der Waals surface area contributed by atoms with Crippen molar-refractivity contribution in [1.29, 1.82) is 0 Å². The zero-order valence-electron chi connectivity index (χ0n) is 11.9. The molecule has 0 radical (unpaired) electrons. The highest BCUT2D eigenvalue weighted by atomic mass is 19.1. The van der Waals surface area contributed by atoms with E-state index in [1.165, 1.54) is 18.2 Å². The van der Waals surface area contributed by atoms with Gasteiger partial charge in [0.15, 0.2) is 0 Å². The molecule has 112 valence electrons. The molecule has 0 aliphatic heterocycles. The predicted molar refractivity (Wildman–Crippen MR) is 77.9 cm³/mol. The molecule has 1 rings (SSSR count). The summed E-state index contributed by atoms with van der Waals surface area (Å²) in [7, 11) is 1.88. The average Bonchev–Trinajstić information content (AvgIpc) is 2.33. The zero-order valence-corrected chi connectivity index (χ0v) is 11.9. The van der Waals surface area contributed by atoms with Crippen molar-refractivity contribution in [3.05, 3.63) is 24.0 Å². The molecule has 0 heterocycles. The van der Waals surface area contributed by atoms with E-state index >= 15 is 0 Å². The first-order chi connectivity index (χ1) is 9.38. The molecule has 1 amide bonds. The third kappa shape index (κ3) is 5.99. The van der Waals surface area contributed by atoms with Crippen molar-refractivity contribution in [2.45, 2.75) is 25.9 Å². The fourth-order valence-electron chi connectivity index (χ4n) is 1.90. The van der Waals surface area contributed by atoms with Gasteiger partial charge in [-0.25, -0.2) is 4.39 Å². The average molecular weight is 283 g/mol. The van der Waals surface area contributed by atoms with E-state index in [1.54, 1.807) is 6.92 Å². The molecular formula is C14H22FN3O2. The number of likely N-dealkylation sites (N-methyl/N-ethyl adjacent to an activating group) is 1. The maximum atomic E-state index is 13.4. The third-order valence-electron chi connectivity index (χ3n) is 2.78. The number of carbonyl (C=O) groups excluding carboxylic acids is 1. The standard InChI is InChI=1S/C14H22FN3O2/c1-10(19)9-18(2)7-3-4-14(20)17-13-8-11(16)5-6-12(13)15/h5-6,8,10,19H,3-4,7,9,16H2,1-2H3,(H,17,20). The van der Waals surface area contributed by atoms with Crippen LogP contribution in [0.25, 0.3) is 0 Å². The second-order valence-corrected chi connectivity index (χ2v) is 5.00. The van der Waals surface area contributed by atoms with Gasteiger partial charge in [-0.3, -0.25) is 4.79 Å². The molecule has 1 aromatic carbocycles. The number of anilines is 2. The molecule has 1 atom stereocenters. The van der Waals surface area contributed by atoms with Gasteiger partial charge < -0.3 is 21.1 Å². The summed E-state index contributed by atoms with van der Waals surface area (Å²) in [5.41, 5.74) is 6.05. The molecule has 1 unspecified atom stereocenters. The molecule has 0 saturated carbocycles. The molecular weight excluding hydrogens is 261 g/mol. The number of hydrogen-bond donors (Lipinski definition) is 3. The monoisotopic (exact) mass is 283 g/mol. The minimum atomic E-state index is -0.501. The highest BCUT2D eigenvalue weighted by Gasteiger charge is 2.08. The second kappa shape index (κ2) is 7.81. The number of nitrogens with two attached hydrogens (primary N) is 1. The summed E-state index contributed by atoms with van der Waals surface area (Å²) in [6.45, 7) is 2.97. The number of nitrogens with zero attached hydrogens (tertiary/aromatic N) is 1. The molecule has 1 aromatic rings. The quantitative estimate of drug-likeness (QED) is 0.662. The first-order valence-corrected chi connectivity index (χ1v) is 6.60. The van der Waals surface area contributed by atoms with E-state index in [9.17, 15) is 14.3 Å². The molecule has 0 bridgehead atoms. The van der Waals surface area contributed by atoms with Gasteiger partial charge in [0.25, 0.3) is 0 Å². The number of aliphatic hydroxyl groups excluding tert-OH is 1. The van der Waals surface area contributed by atoms with Gasteiger partial charge in [0.05, 0.1) is 11.8 Å². The van der Waals surface area contributed by atoms with E-state index < -0.39 is 11.9 Å². The Hall–Kier alpha value is -1.66. The summed E-state index contributed by atoms with van der Waals surface area (Å²) in [6, 6.07) is 4.06. The van der Waals surface area contributed by atoms with Crippen LogP contribution in [0, 0.1) is 5.82 Å². The van der Waals surface area contributed by atoms with Gasteiger partial charge in [0, 0.05) is 18.7 Å². The molecule has 0 aromatic heterocycles. The molecule has 4 N–H and O–H groups in total. The molecule has 0 aliphatic carbocycles. The summed E-state index contributed by atoms with van der Waals surface area (Å²) in [4.78, 5) is 13.6. The Kier molecular flexibility index (Phi) is 6.41. The minimum Gasteiger partial charge on any atom is -0.399 e. The first-order valence-electron chi connectivity index (χ1n) is 6.60. The maximum absolute atomic E-state index is 13.4. The van der Waals surface area contributed by atoms with Crippen molar-refractivity contribution < 1.29 is 14.3 Å². The highest BCUT2D eigenvalue weighted by Crippen LogP contribution is 2.17. The van der Waals surface area contributed by atoms with E-state index in [-0.39, 0.29) is 11.6 Å². The lowest BCUT2D eigenvalue weighted by Gasteiger charge is -2.17. The summed E-state index contributed by atoms with van der Waals surface area (Å²) < 4.78 is 13.4. The SMILES string of the molecule is CC(O)CN(C)CCCC(=O)Nc1cc(N)ccc1F. The molecule has 5 nitrogen and oxygen atoms in total. The van der Waals surface area contributed by atoms with Crippen LogP contribution in [0.2, 0.25) is 0 Å². The van der Waals surface area contributed by atoms with Crippen LogP contribution < -0.4 is 11.1 Å². The number of amides is 1. The van der Waals surface area contributed by atoms with E-state index in [0.29, 0.717) is 31.6 Å². The van der Waals surface area contributed by atoms with Crippen LogP contribution in [0.4, 0.5) is 15.8 Å². The lowest BCUT2D eigenvalue weighted by atomic mass is 10.2. The van der Waals surface area contributed by atoms with E-state index in [0.717, 1.165) is 0 Å². The van der Waals surface area contributed by atoms with E-state index in [2.05, 4.69) is 5.32 Å². The number of carbonyl (C=O) groups is 1. The molecule has 0 saturated heterocycles. The number of benzene rings is 1. The first kappa shape index (κ1) is 16.4. The van der Waals surface area contributed by atoms with Crippen molar-refractivity contribution >= 4 is 17.3 Å². The summed E-state index contributed by atoms with van der Waals surface area (Å²) in [5.74, 6) is -0.751. The van der Waals surface area contributed by atoms with Crippen LogP contribution >= 0.6 is 0 Å². The van der Waals surface area contributed by atoms with Crippen LogP contribution in [0.15, 0.2) is 18.2 Å². The number of halogens is 1. The number of hydrogen-bond acceptors (Lipinski definition) is 4. The van der Waals surface area contributed by atoms with Crippen molar-refractivity contribution in [3.63, 3.8) is 0 Å². The van der Waals surface area contributed by atoms with Crippen molar-refractivity contribution in [2.75, 3.05) is 31.2 Å². The normalized spacial score (nSPS) is 12.4. The lowest BCUT2D eigenvalue weighted by Crippen LogP contribution is -2.28. The topological polar surface area (TPSA) is 78.6 Å².